The normalized spacial score (nSPS) is 14.2. The van der Waals surface area contributed by atoms with Crippen LogP contribution in [0.1, 0.15) is 40.2 Å². The number of piperazine rings is 1. The number of alkyl carbamates (subject to hydrolysis) is 1. The minimum atomic E-state index is -1.18. The van der Waals surface area contributed by atoms with Gasteiger partial charge in [-0.25, -0.2) is 14.4 Å². The molecule has 1 aliphatic heterocycles. The number of anilines is 1. The molecule has 2 heterocycles. The van der Waals surface area contributed by atoms with E-state index in [1.54, 1.807) is 57.7 Å². The van der Waals surface area contributed by atoms with Crippen LogP contribution < -0.4 is 16.3 Å². The van der Waals surface area contributed by atoms with Crippen LogP contribution >= 0.6 is 0 Å². The maximum Gasteiger partial charge on any atom is 0.408 e. The molecule has 1 aromatic heterocycles. The van der Waals surface area contributed by atoms with Crippen molar-refractivity contribution in [1.29, 1.82) is 0 Å². The number of urea groups is 1. The number of aromatic nitrogens is 2. The van der Waals surface area contributed by atoms with Gasteiger partial charge in [0.15, 0.2) is 0 Å². The number of aliphatic hydroxyl groups is 1. The topological polar surface area (TPSA) is 146 Å². The lowest BCUT2D eigenvalue weighted by molar-refractivity contribution is -0.138. The fourth-order valence-corrected chi connectivity index (χ4v) is 3.97. The van der Waals surface area contributed by atoms with Crippen molar-refractivity contribution < 1.29 is 24.2 Å². The van der Waals surface area contributed by atoms with Gasteiger partial charge in [-0.1, -0.05) is 12.1 Å². The average Bonchev–Trinajstić information content (AvgIpc) is 2.82. The Kier molecular flexibility index (Phi) is 8.77. The highest BCUT2D eigenvalue weighted by Crippen LogP contribution is 2.15. The summed E-state index contributed by atoms with van der Waals surface area (Å²) in [7, 11) is 0. The molecule has 12 nitrogen and oxygen atoms in total. The number of amides is 4. The van der Waals surface area contributed by atoms with Gasteiger partial charge < -0.3 is 25.0 Å². The molecule has 3 N–H and O–H groups in total. The van der Waals surface area contributed by atoms with Gasteiger partial charge in [0.25, 0.3) is 0 Å². The maximum atomic E-state index is 13.0. The molecule has 0 bridgehead atoms. The third-order valence-corrected chi connectivity index (χ3v) is 5.83. The molecule has 206 valence electrons. The Morgan fingerprint density at radius 2 is 1.68 bits per heavy atom. The van der Waals surface area contributed by atoms with Crippen molar-refractivity contribution in [1.82, 2.24) is 24.7 Å². The van der Waals surface area contributed by atoms with E-state index < -0.39 is 29.0 Å². The fraction of sp³-hybridized carbons (Fsp3) is 0.500. The smallest absolute Gasteiger partial charge is 0.408 e. The molecule has 12 heteroatoms. The van der Waals surface area contributed by atoms with Gasteiger partial charge in [-0.05, 0) is 64.8 Å². The largest absolute Gasteiger partial charge is 0.444 e. The molecule has 1 aromatic carbocycles. The van der Waals surface area contributed by atoms with Crippen molar-refractivity contribution in [3.8, 4) is 5.69 Å². The van der Waals surface area contributed by atoms with Crippen molar-refractivity contribution in [2.24, 2.45) is 0 Å². The van der Waals surface area contributed by atoms with Crippen molar-refractivity contribution >= 4 is 23.8 Å². The molecule has 0 spiro atoms. The highest BCUT2D eigenvalue weighted by atomic mass is 16.6. The van der Waals surface area contributed by atoms with Crippen LogP contribution in [0.2, 0.25) is 0 Å². The summed E-state index contributed by atoms with van der Waals surface area (Å²) >= 11 is 0. The Hall–Kier alpha value is -3.93. The quantitative estimate of drug-likeness (QED) is 0.518. The molecule has 4 amide bonds. The second kappa shape index (κ2) is 11.6. The molecular formula is C26H36N6O6. The predicted octanol–water partition coefficient (Wildman–Crippen LogP) is 1.75. The molecule has 0 aliphatic carbocycles. The van der Waals surface area contributed by atoms with Gasteiger partial charge in [0.05, 0.1) is 5.69 Å². The number of carbonyl (C=O) groups excluding carboxylic acids is 3. The van der Waals surface area contributed by atoms with Crippen molar-refractivity contribution in [3.05, 3.63) is 52.6 Å². The second-order valence-electron chi connectivity index (χ2n) is 10.6. The minimum absolute atomic E-state index is 0.00469. The number of aliphatic hydroxyl groups excluding tert-OH is 1. The van der Waals surface area contributed by atoms with E-state index in [0.717, 1.165) is 5.56 Å². The van der Waals surface area contributed by atoms with E-state index in [0.29, 0.717) is 12.1 Å². The highest BCUT2D eigenvalue weighted by Gasteiger charge is 2.36. The Balaban J connectivity index is 1.56. The van der Waals surface area contributed by atoms with Crippen LogP contribution in [0, 0.1) is 0 Å². The molecule has 3 rings (SSSR count). The first-order chi connectivity index (χ1) is 17.8. The van der Waals surface area contributed by atoms with E-state index in [2.05, 4.69) is 15.6 Å². The van der Waals surface area contributed by atoms with Crippen molar-refractivity contribution in [2.75, 3.05) is 38.1 Å². The van der Waals surface area contributed by atoms with Gasteiger partial charge in [0.1, 0.15) is 17.0 Å². The van der Waals surface area contributed by atoms with Gasteiger partial charge in [-0.15, -0.1) is 0 Å². The van der Waals surface area contributed by atoms with Crippen LogP contribution in [-0.2, 0) is 16.0 Å². The van der Waals surface area contributed by atoms with Crippen LogP contribution in [0.15, 0.2) is 41.3 Å². The Labute approximate surface area is 221 Å². The molecule has 1 saturated heterocycles. The van der Waals surface area contributed by atoms with E-state index in [4.69, 9.17) is 9.84 Å². The fourth-order valence-electron chi connectivity index (χ4n) is 3.97. The summed E-state index contributed by atoms with van der Waals surface area (Å²) in [5.41, 5.74) is -0.932. The monoisotopic (exact) mass is 528 g/mol. The van der Waals surface area contributed by atoms with E-state index >= 15 is 0 Å². The zero-order valence-corrected chi connectivity index (χ0v) is 22.5. The van der Waals surface area contributed by atoms with Gasteiger partial charge in [-0.3, -0.25) is 14.7 Å². The lowest BCUT2D eigenvalue weighted by Crippen LogP contribution is -2.60. The van der Waals surface area contributed by atoms with Gasteiger partial charge in [0, 0.05) is 39.0 Å². The van der Waals surface area contributed by atoms with Crippen LogP contribution in [0.25, 0.3) is 5.69 Å². The summed E-state index contributed by atoms with van der Waals surface area (Å²) in [6.45, 7) is 9.55. The average molecular weight is 529 g/mol. The van der Waals surface area contributed by atoms with Crippen LogP contribution in [0.3, 0.4) is 0 Å². The second-order valence-corrected chi connectivity index (χ2v) is 10.6. The van der Waals surface area contributed by atoms with E-state index in [1.165, 1.54) is 21.7 Å². The van der Waals surface area contributed by atoms with E-state index in [-0.39, 0.29) is 44.5 Å². The van der Waals surface area contributed by atoms with Crippen LogP contribution in [0.5, 0.6) is 0 Å². The summed E-state index contributed by atoms with van der Waals surface area (Å²) in [5.74, 6) is -0.166. The zero-order valence-electron chi connectivity index (χ0n) is 22.5. The number of benzene rings is 1. The Bertz CT molecular complexity index is 1230. The number of carbonyl (C=O) groups is 3. The summed E-state index contributed by atoms with van der Waals surface area (Å²) in [6.07, 6.45) is 1.32. The summed E-state index contributed by atoms with van der Waals surface area (Å²) < 4.78 is 6.61. The van der Waals surface area contributed by atoms with E-state index in [9.17, 15) is 19.2 Å². The molecule has 0 atom stereocenters. The first-order valence-corrected chi connectivity index (χ1v) is 12.5. The minimum Gasteiger partial charge on any atom is -0.444 e. The molecule has 0 radical (unpaired) electrons. The maximum absolute atomic E-state index is 13.0. The lowest BCUT2D eigenvalue weighted by atomic mass is 10.0. The molecule has 0 unspecified atom stereocenters. The standard InChI is InChI=1S/C26H36N6O6/c1-25(2,3)38-24(37)29-26(4,5)21(34)30-12-14-31(15-13-30)22(35)27-20-9-11-32(23(36)28-20)19-8-6-7-18(17-19)10-16-33/h6-9,11,17,33H,10,12-16H2,1-5H3,(H,29,37)(H,27,28,35,36). The van der Waals surface area contributed by atoms with Crippen molar-refractivity contribution in [2.45, 2.75) is 52.2 Å². The Morgan fingerprint density at radius 1 is 1.03 bits per heavy atom. The van der Waals surface area contributed by atoms with Crippen LogP contribution in [-0.4, -0.2) is 86.4 Å². The Morgan fingerprint density at radius 3 is 2.29 bits per heavy atom. The number of ether oxygens (including phenoxy) is 1. The molecule has 0 saturated carbocycles. The summed E-state index contributed by atoms with van der Waals surface area (Å²) in [4.78, 5) is 57.6. The summed E-state index contributed by atoms with van der Waals surface area (Å²) in [6, 6.07) is 8.30. The third kappa shape index (κ3) is 7.54. The lowest BCUT2D eigenvalue weighted by Gasteiger charge is -2.38. The first-order valence-electron chi connectivity index (χ1n) is 12.5. The number of hydrogen-bond donors (Lipinski definition) is 3. The number of nitrogens with one attached hydrogen (secondary N) is 2. The third-order valence-electron chi connectivity index (χ3n) is 5.83. The summed E-state index contributed by atoms with van der Waals surface area (Å²) in [5, 5.41) is 14.4. The van der Waals surface area contributed by atoms with Gasteiger partial charge >= 0.3 is 17.8 Å². The SMILES string of the molecule is CC(C)(C)OC(=O)NC(C)(C)C(=O)N1CCN(C(=O)Nc2ccn(-c3cccc(CCO)c3)c(=O)n2)CC1. The predicted molar refractivity (Wildman–Crippen MR) is 141 cm³/mol. The zero-order chi connectivity index (χ0) is 28.1. The first kappa shape index (κ1) is 28.6. The molecule has 1 fully saturated rings. The number of rotatable bonds is 6. The van der Waals surface area contributed by atoms with Crippen molar-refractivity contribution in [3.63, 3.8) is 0 Å². The molecule has 1 aliphatic rings. The molecule has 2 aromatic rings. The number of hydrogen-bond acceptors (Lipinski definition) is 7. The van der Waals surface area contributed by atoms with E-state index in [1.807, 2.05) is 6.07 Å². The molecule has 38 heavy (non-hydrogen) atoms. The number of nitrogens with zero attached hydrogens (tertiary/aromatic N) is 4. The van der Waals surface area contributed by atoms with Crippen LogP contribution in [0.4, 0.5) is 15.4 Å². The molecular weight excluding hydrogens is 492 g/mol. The highest BCUT2D eigenvalue weighted by molar-refractivity contribution is 5.90. The van der Waals surface area contributed by atoms with Gasteiger partial charge in [0.2, 0.25) is 5.91 Å². The van der Waals surface area contributed by atoms with Gasteiger partial charge in [-0.2, -0.15) is 4.98 Å².